The molecule has 11 heavy (non-hydrogen) atoms. The van der Waals surface area contributed by atoms with E-state index in [0.29, 0.717) is 17.0 Å². The molecule has 1 heterocycles. The zero-order valence-corrected chi connectivity index (χ0v) is 7.54. The van der Waals surface area contributed by atoms with Gasteiger partial charge in [-0.3, -0.25) is 4.79 Å². The summed E-state index contributed by atoms with van der Waals surface area (Å²) in [6, 6.07) is 0. The van der Waals surface area contributed by atoms with Crippen molar-refractivity contribution < 1.29 is 9.53 Å². The average Bonchev–Trinajstić information content (AvgIpc) is 2.33. The third-order valence-electron chi connectivity index (χ3n) is 1.21. The molecule has 0 fully saturated rings. The number of methoxy groups -OCH3 is 1. The number of aromatic nitrogens is 2. The Labute approximate surface area is 72.3 Å². The topological polar surface area (TPSA) is 44.1 Å². The maximum Gasteiger partial charge on any atom is 0.169 e. The van der Waals surface area contributed by atoms with Gasteiger partial charge in [-0.1, -0.05) is 0 Å². The standard InChI is InChI=1S/C6H7BrN2O2/c1-11-4-9-3-8-6(7)5(9)2-10/h2-3H,4H2,1H3. The number of imidazole rings is 1. The summed E-state index contributed by atoms with van der Waals surface area (Å²) in [6.07, 6.45) is 2.27. The van der Waals surface area contributed by atoms with Crippen molar-refractivity contribution in [1.29, 1.82) is 0 Å². The molecule has 0 aliphatic heterocycles. The number of aldehydes is 1. The van der Waals surface area contributed by atoms with Gasteiger partial charge in [0.15, 0.2) is 6.29 Å². The highest BCUT2D eigenvalue weighted by molar-refractivity contribution is 9.10. The third kappa shape index (κ3) is 1.66. The Morgan fingerprint density at radius 2 is 2.64 bits per heavy atom. The van der Waals surface area contributed by atoms with E-state index in [1.807, 2.05) is 0 Å². The lowest BCUT2D eigenvalue weighted by molar-refractivity contribution is 0.107. The summed E-state index contributed by atoms with van der Waals surface area (Å²) < 4.78 is 6.98. The van der Waals surface area contributed by atoms with E-state index in [0.717, 1.165) is 6.29 Å². The van der Waals surface area contributed by atoms with Gasteiger partial charge in [-0.25, -0.2) is 4.98 Å². The number of ether oxygens (including phenoxy) is 1. The van der Waals surface area contributed by atoms with E-state index in [1.165, 1.54) is 6.33 Å². The highest BCUT2D eigenvalue weighted by atomic mass is 79.9. The average molecular weight is 219 g/mol. The molecule has 0 aliphatic carbocycles. The highest BCUT2D eigenvalue weighted by Gasteiger charge is 2.05. The van der Waals surface area contributed by atoms with Crippen LogP contribution in [0, 0.1) is 0 Å². The van der Waals surface area contributed by atoms with E-state index in [1.54, 1.807) is 11.7 Å². The van der Waals surface area contributed by atoms with E-state index >= 15 is 0 Å². The number of hydrogen-bond donors (Lipinski definition) is 0. The molecule has 60 valence electrons. The first-order valence-electron chi connectivity index (χ1n) is 2.94. The van der Waals surface area contributed by atoms with E-state index in [4.69, 9.17) is 4.74 Å². The van der Waals surface area contributed by atoms with E-state index in [2.05, 4.69) is 20.9 Å². The molecule has 5 heteroatoms. The number of hydrogen-bond acceptors (Lipinski definition) is 3. The summed E-state index contributed by atoms with van der Waals surface area (Å²) in [7, 11) is 1.56. The zero-order valence-electron chi connectivity index (χ0n) is 5.95. The molecule has 0 atom stereocenters. The highest BCUT2D eigenvalue weighted by Crippen LogP contribution is 2.11. The van der Waals surface area contributed by atoms with Gasteiger partial charge in [-0.2, -0.15) is 0 Å². The molecule has 1 rings (SSSR count). The molecule has 0 saturated heterocycles. The molecule has 4 nitrogen and oxygen atoms in total. The van der Waals surface area contributed by atoms with Crippen LogP contribution < -0.4 is 0 Å². The molecule has 0 amide bonds. The second-order valence-corrected chi connectivity index (χ2v) is 2.68. The molecule has 0 aromatic carbocycles. The maximum atomic E-state index is 10.4. The fourth-order valence-corrected chi connectivity index (χ4v) is 1.14. The molecule has 0 saturated carbocycles. The summed E-state index contributed by atoms with van der Waals surface area (Å²) in [6.45, 7) is 0.340. The molecule has 0 spiro atoms. The van der Waals surface area contributed by atoms with Crippen LogP contribution in [0.25, 0.3) is 0 Å². The Bertz CT molecular complexity index is 259. The molecule has 0 unspecified atom stereocenters. The third-order valence-corrected chi connectivity index (χ3v) is 1.82. The van der Waals surface area contributed by atoms with Gasteiger partial charge < -0.3 is 9.30 Å². The summed E-state index contributed by atoms with van der Waals surface area (Å²) in [5.74, 6) is 0. The lowest BCUT2D eigenvalue weighted by Gasteiger charge is -2.00. The van der Waals surface area contributed by atoms with Crippen molar-refractivity contribution in [1.82, 2.24) is 9.55 Å². The SMILES string of the molecule is COCn1cnc(Br)c1C=O. The second-order valence-electron chi connectivity index (χ2n) is 1.93. The molecule has 0 N–H and O–H groups in total. The van der Waals surface area contributed by atoms with Gasteiger partial charge in [-0.15, -0.1) is 0 Å². The number of halogens is 1. The van der Waals surface area contributed by atoms with E-state index in [-0.39, 0.29) is 0 Å². The second kappa shape index (κ2) is 3.64. The fourth-order valence-electron chi connectivity index (χ4n) is 0.726. The van der Waals surface area contributed by atoms with Gasteiger partial charge in [0.25, 0.3) is 0 Å². The van der Waals surface area contributed by atoms with Crippen LogP contribution in [-0.2, 0) is 11.5 Å². The van der Waals surface area contributed by atoms with Gasteiger partial charge in [0.1, 0.15) is 17.0 Å². The largest absolute Gasteiger partial charge is 0.364 e. The van der Waals surface area contributed by atoms with Crippen LogP contribution in [0.4, 0.5) is 0 Å². The van der Waals surface area contributed by atoms with Crippen molar-refractivity contribution >= 4 is 22.2 Å². The van der Waals surface area contributed by atoms with E-state index < -0.39 is 0 Å². The van der Waals surface area contributed by atoms with Crippen LogP contribution in [0.3, 0.4) is 0 Å². The number of carbonyl (C=O) groups excluding carboxylic acids is 1. The first-order valence-corrected chi connectivity index (χ1v) is 3.73. The van der Waals surface area contributed by atoms with Crippen LogP contribution in [-0.4, -0.2) is 22.9 Å². The van der Waals surface area contributed by atoms with Gasteiger partial charge in [0, 0.05) is 7.11 Å². The number of carbonyl (C=O) groups is 1. The quantitative estimate of drug-likeness (QED) is 0.714. The number of rotatable bonds is 3. The van der Waals surface area contributed by atoms with E-state index in [9.17, 15) is 4.79 Å². The minimum atomic E-state index is 0.340. The Morgan fingerprint density at radius 3 is 3.18 bits per heavy atom. The van der Waals surface area contributed by atoms with Crippen molar-refractivity contribution in [2.75, 3.05) is 7.11 Å². The van der Waals surface area contributed by atoms with Gasteiger partial charge in [0.2, 0.25) is 0 Å². The van der Waals surface area contributed by atoms with Crippen LogP contribution in [0.2, 0.25) is 0 Å². The van der Waals surface area contributed by atoms with Crippen molar-refractivity contribution in [2.24, 2.45) is 0 Å². The maximum absolute atomic E-state index is 10.4. The Balaban J connectivity index is 2.95. The predicted octanol–water partition coefficient (Wildman–Crippen LogP) is 1.06. The first kappa shape index (κ1) is 8.42. The van der Waals surface area contributed by atoms with Crippen LogP contribution in [0.1, 0.15) is 10.5 Å². The van der Waals surface area contributed by atoms with Crippen molar-refractivity contribution in [3.63, 3.8) is 0 Å². The van der Waals surface area contributed by atoms with Crippen LogP contribution in [0.5, 0.6) is 0 Å². The Hall–Kier alpha value is -0.680. The normalized spacial score (nSPS) is 10.0. The molecule has 1 aromatic heterocycles. The predicted molar refractivity (Wildman–Crippen MR) is 42.3 cm³/mol. The van der Waals surface area contributed by atoms with Gasteiger partial charge in [0.05, 0.1) is 6.33 Å². The molecule has 1 aromatic rings. The summed E-state index contributed by atoms with van der Waals surface area (Å²) in [4.78, 5) is 14.3. The summed E-state index contributed by atoms with van der Waals surface area (Å²) in [5, 5.41) is 0. The number of nitrogens with zero attached hydrogens (tertiary/aromatic N) is 2. The molecular formula is C6H7BrN2O2. The zero-order chi connectivity index (χ0) is 8.27. The first-order chi connectivity index (χ1) is 5.29. The van der Waals surface area contributed by atoms with Crippen molar-refractivity contribution in [3.05, 3.63) is 16.6 Å². The minimum absolute atomic E-state index is 0.340. The van der Waals surface area contributed by atoms with Crippen LogP contribution >= 0.6 is 15.9 Å². The minimum Gasteiger partial charge on any atom is -0.364 e. The van der Waals surface area contributed by atoms with Gasteiger partial charge in [-0.05, 0) is 15.9 Å². The van der Waals surface area contributed by atoms with Crippen molar-refractivity contribution in [3.8, 4) is 0 Å². The van der Waals surface area contributed by atoms with Crippen molar-refractivity contribution in [2.45, 2.75) is 6.73 Å². The molecule has 0 aliphatic rings. The molecular weight excluding hydrogens is 212 g/mol. The summed E-state index contributed by atoms with van der Waals surface area (Å²) in [5.41, 5.74) is 0.492. The Morgan fingerprint density at radius 1 is 1.91 bits per heavy atom. The Kier molecular flexibility index (Phi) is 2.78. The summed E-state index contributed by atoms with van der Waals surface area (Å²) >= 11 is 3.13. The van der Waals surface area contributed by atoms with Gasteiger partial charge >= 0.3 is 0 Å². The lowest BCUT2D eigenvalue weighted by Crippen LogP contribution is -2.02. The monoisotopic (exact) mass is 218 g/mol. The molecule has 0 bridgehead atoms. The smallest absolute Gasteiger partial charge is 0.169 e. The van der Waals surface area contributed by atoms with Crippen LogP contribution in [0.15, 0.2) is 10.9 Å². The lowest BCUT2D eigenvalue weighted by atomic mass is 10.5. The molecule has 0 radical (unpaired) electrons. The fraction of sp³-hybridized carbons (Fsp3) is 0.333.